The lowest BCUT2D eigenvalue weighted by Crippen LogP contribution is -2.49. The van der Waals surface area contributed by atoms with Crippen LogP contribution in [-0.2, 0) is 0 Å². The summed E-state index contributed by atoms with van der Waals surface area (Å²) < 4.78 is 1.27. The third kappa shape index (κ3) is 3.88. The van der Waals surface area contributed by atoms with E-state index in [0.717, 1.165) is 5.69 Å². The quantitative estimate of drug-likeness (QED) is 0.346. The first-order chi connectivity index (χ1) is 16.5. The van der Waals surface area contributed by atoms with Gasteiger partial charge in [-0.3, -0.25) is 19.7 Å². The zero-order chi connectivity index (χ0) is 23.7. The standard InChI is InChI=1S/C25H21N5O4/c31-24-22-12-5-4-11-21(22)23(26-29(24)18-7-2-1-3-8-18)25(32)28-15-13-27(14-16-28)19-9-6-10-20(17-19)30(33)34/h1-12,17H,13-16H2. The maximum absolute atomic E-state index is 13.5. The Hall–Kier alpha value is -4.53. The molecule has 0 spiro atoms. The van der Waals surface area contributed by atoms with E-state index in [-0.39, 0.29) is 22.8 Å². The van der Waals surface area contributed by atoms with Gasteiger partial charge in [0.2, 0.25) is 0 Å². The third-order valence-electron chi connectivity index (χ3n) is 5.98. The van der Waals surface area contributed by atoms with E-state index in [9.17, 15) is 19.7 Å². The Bertz CT molecular complexity index is 1440. The number of nitro groups is 1. The van der Waals surface area contributed by atoms with Crippen molar-refractivity contribution in [3.63, 3.8) is 0 Å². The van der Waals surface area contributed by atoms with Gasteiger partial charge in [-0.1, -0.05) is 42.5 Å². The minimum Gasteiger partial charge on any atom is -0.368 e. The molecule has 1 fully saturated rings. The van der Waals surface area contributed by atoms with Crippen LogP contribution in [0.4, 0.5) is 11.4 Å². The normalized spacial score (nSPS) is 13.8. The summed E-state index contributed by atoms with van der Waals surface area (Å²) in [5.41, 5.74) is 1.32. The van der Waals surface area contributed by atoms with E-state index in [1.54, 1.807) is 53.4 Å². The molecule has 0 aliphatic carbocycles. The topological polar surface area (TPSA) is 102 Å². The van der Waals surface area contributed by atoms with Crippen molar-refractivity contribution < 1.29 is 9.72 Å². The number of anilines is 1. The molecule has 0 N–H and O–H groups in total. The van der Waals surface area contributed by atoms with Gasteiger partial charge in [0, 0.05) is 49.4 Å². The van der Waals surface area contributed by atoms with Crippen LogP contribution < -0.4 is 10.5 Å². The molecule has 34 heavy (non-hydrogen) atoms. The number of rotatable bonds is 4. The molecule has 0 bridgehead atoms. The predicted octanol–water partition coefficient (Wildman–Crippen LogP) is 3.26. The molecule has 9 nitrogen and oxygen atoms in total. The maximum atomic E-state index is 13.5. The Labute approximate surface area is 194 Å². The second-order valence-electron chi connectivity index (χ2n) is 8.00. The highest BCUT2D eigenvalue weighted by Crippen LogP contribution is 2.23. The summed E-state index contributed by atoms with van der Waals surface area (Å²) in [5.74, 6) is -0.250. The number of carbonyl (C=O) groups excluding carboxylic acids is 1. The van der Waals surface area contributed by atoms with Gasteiger partial charge in [-0.15, -0.1) is 0 Å². The molecule has 9 heteroatoms. The number of aromatic nitrogens is 2. The Kier molecular flexibility index (Phi) is 5.51. The SMILES string of the molecule is O=C(c1nn(-c2ccccc2)c(=O)c2ccccc12)N1CCN(c2cccc([N+](=O)[O-])c2)CC1. The number of nitrogens with zero attached hydrogens (tertiary/aromatic N) is 5. The van der Waals surface area contributed by atoms with Crippen molar-refractivity contribution in [2.75, 3.05) is 31.1 Å². The highest BCUT2D eigenvalue weighted by Gasteiger charge is 2.26. The largest absolute Gasteiger partial charge is 0.368 e. The molecule has 1 saturated heterocycles. The smallest absolute Gasteiger partial charge is 0.279 e. The number of non-ortho nitro benzene ring substituents is 1. The van der Waals surface area contributed by atoms with E-state index < -0.39 is 4.92 Å². The molecular weight excluding hydrogens is 434 g/mol. The third-order valence-corrected chi connectivity index (χ3v) is 5.98. The van der Waals surface area contributed by atoms with Crippen LogP contribution in [0.3, 0.4) is 0 Å². The lowest BCUT2D eigenvalue weighted by atomic mass is 10.1. The first-order valence-electron chi connectivity index (χ1n) is 10.9. The molecule has 1 aliphatic rings. The number of hydrogen-bond donors (Lipinski definition) is 0. The number of piperazine rings is 1. The molecule has 170 valence electrons. The summed E-state index contributed by atoms with van der Waals surface area (Å²) in [7, 11) is 0. The van der Waals surface area contributed by atoms with E-state index >= 15 is 0 Å². The summed E-state index contributed by atoms with van der Waals surface area (Å²) in [6.07, 6.45) is 0. The Morgan fingerprint density at radius 3 is 2.18 bits per heavy atom. The van der Waals surface area contributed by atoms with Gasteiger partial charge in [-0.05, 0) is 24.3 Å². The van der Waals surface area contributed by atoms with Crippen LogP contribution in [0.1, 0.15) is 10.5 Å². The maximum Gasteiger partial charge on any atom is 0.279 e. The van der Waals surface area contributed by atoms with Crippen LogP contribution in [-0.4, -0.2) is 51.7 Å². The average molecular weight is 455 g/mol. The number of para-hydroxylation sites is 1. The van der Waals surface area contributed by atoms with Gasteiger partial charge >= 0.3 is 0 Å². The molecule has 0 saturated carbocycles. The molecular formula is C25H21N5O4. The molecule has 3 aromatic carbocycles. The summed E-state index contributed by atoms with van der Waals surface area (Å²) in [6, 6.07) is 22.5. The minimum atomic E-state index is -0.415. The van der Waals surface area contributed by atoms with Crippen molar-refractivity contribution in [1.82, 2.24) is 14.7 Å². The molecule has 1 aliphatic heterocycles. The van der Waals surface area contributed by atoms with Gasteiger partial charge in [0.25, 0.3) is 17.2 Å². The lowest BCUT2D eigenvalue weighted by molar-refractivity contribution is -0.384. The molecule has 0 radical (unpaired) electrons. The fourth-order valence-corrected chi connectivity index (χ4v) is 4.21. The van der Waals surface area contributed by atoms with Crippen LogP contribution in [0.5, 0.6) is 0 Å². The fourth-order valence-electron chi connectivity index (χ4n) is 4.21. The number of carbonyl (C=O) groups is 1. The predicted molar refractivity (Wildman–Crippen MR) is 129 cm³/mol. The first kappa shape index (κ1) is 21.3. The van der Waals surface area contributed by atoms with Crippen molar-refractivity contribution in [3.05, 3.63) is 105 Å². The highest BCUT2D eigenvalue weighted by molar-refractivity contribution is 6.05. The van der Waals surface area contributed by atoms with Crippen LogP contribution in [0.15, 0.2) is 83.7 Å². The van der Waals surface area contributed by atoms with Gasteiger partial charge in [0.05, 0.1) is 16.0 Å². The molecule has 0 unspecified atom stereocenters. The van der Waals surface area contributed by atoms with Crippen molar-refractivity contribution in [1.29, 1.82) is 0 Å². The molecule has 4 aromatic rings. The number of nitro benzene ring substituents is 1. The average Bonchev–Trinajstić information content (AvgIpc) is 2.89. The van der Waals surface area contributed by atoms with Gasteiger partial charge in [-0.2, -0.15) is 9.78 Å². The second-order valence-corrected chi connectivity index (χ2v) is 8.00. The summed E-state index contributed by atoms with van der Waals surface area (Å²) in [4.78, 5) is 41.0. The molecule has 0 atom stereocenters. The zero-order valence-electron chi connectivity index (χ0n) is 18.2. The van der Waals surface area contributed by atoms with Crippen LogP contribution >= 0.6 is 0 Å². The monoisotopic (exact) mass is 455 g/mol. The minimum absolute atomic E-state index is 0.0369. The van der Waals surface area contributed by atoms with Gasteiger partial charge in [-0.25, -0.2) is 0 Å². The first-order valence-corrected chi connectivity index (χ1v) is 10.9. The number of benzene rings is 3. The van der Waals surface area contributed by atoms with Crippen LogP contribution in [0.25, 0.3) is 16.5 Å². The summed E-state index contributed by atoms with van der Waals surface area (Å²) in [6.45, 7) is 1.93. The molecule has 1 aromatic heterocycles. The van der Waals surface area contributed by atoms with Crippen LogP contribution in [0, 0.1) is 10.1 Å². The van der Waals surface area contributed by atoms with Crippen molar-refractivity contribution in [3.8, 4) is 5.69 Å². The van der Waals surface area contributed by atoms with E-state index in [1.807, 2.05) is 29.2 Å². The van der Waals surface area contributed by atoms with E-state index in [2.05, 4.69) is 5.10 Å². The summed E-state index contributed by atoms with van der Waals surface area (Å²) in [5, 5.41) is 16.5. The Morgan fingerprint density at radius 1 is 0.824 bits per heavy atom. The molecule has 2 heterocycles. The van der Waals surface area contributed by atoms with E-state index in [1.165, 1.54) is 10.7 Å². The summed E-state index contributed by atoms with van der Waals surface area (Å²) >= 11 is 0. The van der Waals surface area contributed by atoms with Gasteiger partial charge in [0.1, 0.15) is 0 Å². The highest BCUT2D eigenvalue weighted by atomic mass is 16.6. The molecule has 5 rings (SSSR count). The van der Waals surface area contributed by atoms with Gasteiger partial charge < -0.3 is 9.80 Å². The van der Waals surface area contributed by atoms with Crippen LogP contribution in [0.2, 0.25) is 0 Å². The fraction of sp³-hybridized carbons (Fsp3) is 0.160. The number of fused-ring (bicyclic) bond motifs is 1. The Morgan fingerprint density at radius 2 is 1.47 bits per heavy atom. The van der Waals surface area contributed by atoms with E-state index in [0.29, 0.717) is 42.6 Å². The van der Waals surface area contributed by atoms with Crippen molar-refractivity contribution in [2.24, 2.45) is 0 Å². The zero-order valence-corrected chi connectivity index (χ0v) is 18.2. The van der Waals surface area contributed by atoms with Crippen molar-refractivity contribution >= 4 is 28.1 Å². The number of amides is 1. The van der Waals surface area contributed by atoms with Gasteiger partial charge in [0.15, 0.2) is 5.69 Å². The molecule has 1 amide bonds. The lowest BCUT2D eigenvalue weighted by Gasteiger charge is -2.36. The Balaban J connectivity index is 1.44. The number of hydrogen-bond acceptors (Lipinski definition) is 6. The second kappa shape index (κ2) is 8.78. The van der Waals surface area contributed by atoms with E-state index in [4.69, 9.17) is 0 Å². The van der Waals surface area contributed by atoms with Crippen molar-refractivity contribution in [2.45, 2.75) is 0 Å².